The van der Waals surface area contributed by atoms with Crippen LogP contribution < -0.4 is 14.2 Å². The van der Waals surface area contributed by atoms with E-state index in [2.05, 4.69) is 19.6 Å². The van der Waals surface area contributed by atoms with Crippen molar-refractivity contribution in [2.24, 2.45) is 0 Å². The van der Waals surface area contributed by atoms with E-state index >= 15 is 0 Å². The van der Waals surface area contributed by atoms with E-state index in [1.165, 1.54) is 0 Å². The molecule has 0 saturated carbocycles. The second-order valence-corrected chi connectivity index (χ2v) is 6.04. The number of rotatable bonds is 8. The number of aromatic nitrogens is 2. The van der Waals surface area contributed by atoms with Gasteiger partial charge in [-0.2, -0.15) is 18.1 Å². The fourth-order valence-electron chi connectivity index (χ4n) is 1.63. The summed E-state index contributed by atoms with van der Waals surface area (Å²) in [5.74, 6) is 1.30. The van der Waals surface area contributed by atoms with Crippen molar-refractivity contribution in [3.05, 3.63) is 30.2 Å². The second-order valence-electron chi connectivity index (χ2n) is 4.46. The van der Waals surface area contributed by atoms with E-state index in [9.17, 15) is 8.42 Å². The Morgan fingerprint density at radius 3 is 2.59 bits per heavy atom. The van der Waals surface area contributed by atoms with E-state index in [4.69, 9.17) is 9.26 Å². The molecule has 2 aromatic rings. The lowest BCUT2D eigenvalue weighted by Crippen LogP contribution is -2.36. The Bertz CT molecular complexity index is 697. The van der Waals surface area contributed by atoms with Gasteiger partial charge in [0.05, 0.1) is 13.7 Å². The number of benzene rings is 1. The minimum Gasteiger partial charge on any atom is -0.497 e. The first-order valence-electron chi connectivity index (χ1n) is 6.75. The molecule has 2 N–H and O–H groups in total. The van der Waals surface area contributed by atoms with Gasteiger partial charge in [-0.05, 0) is 30.7 Å². The van der Waals surface area contributed by atoms with Gasteiger partial charge in [-0.15, -0.1) is 0 Å². The summed E-state index contributed by atoms with van der Waals surface area (Å²) in [5, 5.41) is 3.82. The molecule has 8 nitrogen and oxygen atoms in total. The molecule has 0 amide bonds. The van der Waals surface area contributed by atoms with Crippen LogP contribution in [-0.2, 0) is 16.8 Å². The standard InChI is InChI=1S/C13H18N4O4S/c1-3-8-14-22(18,19)15-9-12-16-13(17-21-12)10-4-6-11(20-2)7-5-10/h4-7,14-15H,3,8-9H2,1-2H3. The molecule has 1 heterocycles. The molecule has 0 unspecified atom stereocenters. The number of hydrogen-bond donors (Lipinski definition) is 2. The monoisotopic (exact) mass is 326 g/mol. The number of ether oxygens (including phenoxy) is 1. The zero-order valence-electron chi connectivity index (χ0n) is 12.4. The van der Waals surface area contributed by atoms with Gasteiger partial charge in [0.2, 0.25) is 11.7 Å². The summed E-state index contributed by atoms with van der Waals surface area (Å²) in [6, 6.07) is 7.15. The third-order valence-corrected chi connectivity index (χ3v) is 3.88. The quantitative estimate of drug-likeness (QED) is 0.752. The van der Waals surface area contributed by atoms with Gasteiger partial charge in [0.25, 0.3) is 10.2 Å². The average molecular weight is 326 g/mol. The predicted octanol–water partition coefficient (Wildman–Crippen LogP) is 1.08. The molecule has 0 bridgehead atoms. The minimum absolute atomic E-state index is 0.0673. The number of hydrogen-bond acceptors (Lipinski definition) is 6. The van der Waals surface area contributed by atoms with E-state index in [1.807, 2.05) is 6.92 Å². The van der Waals surface area contributed by atoms with Crippen molar-refractivity contribution in [2.45, 2.75) is 19.9 Å². The van der Waals surface area contributed by atoms with Gasteiger partial charge in [-0.25, -0.2) is 4.72 Å². The molecule has 0 fully saturated rings. The Balaban J connectivity index is 1.99. The molecular formula is C13H18N4O4S. The van der Waals surface area contributed by atoms with Crippen molar-refractivity contribution in [3.63, 3.8) is 0 Å². The highest BCUT2D eigenvalue weighted by Gasteiger charge is 2.13. The van der Waals surface area contributed by atoms with E-state index in [-0.39, 0.29) is 12.4 Å². The van der Waals surface area contributed by atoms with Gasteiger partial charge in [0.1, 0.15) is 5.75 Å². The summed E-state index contributed by atoms with van der Waals surface area (Å²) in [6.45, 7) is 2.18. The van der Waals surface area contributed by atoms with Gasteiger partial charge in [-0.3, -0.25) is 0 Å². The van der Waals surface area contributed by atoms with Crippen molar-refractivity contribution in [2.75, 3.05) is 13.7 Å². The maximum Gasteiger partial charge on any atom is 0.277 e. The Labute approximate surface area is 129 Å². The van der Waals surface area contributed by atoms with Gasteiger partial charge in [-0.1, -0.05) is 12.1 Å². The van der Waals surface area contributed by atoms with Gasteiger partial charge < -0.3 is 9.26 Å². The molecule has 1 aromatic heterocycles. The molecule has 120 valence electrons. The van der Waals surface area contributed by atoms with Crippen molar-refractivity contribution in [3.8, 4) is 17.1 Å². The number of methoxy groups -OCH3 is 1. The first kappa shape index (κ1) is 16.4. The van der Waals surface area contributed by atoms with Crippen LogP contribution in [0.1, 0.15) is 19.2 Å². The Hall–Kier alpha value is -1.97. The summed E-state index contributed by atoms with van der Waals surface area (Å²) >= 11 is 0. The molecule has 0 aliphatic rings. The van der Waals surface area contributed by atoms with Crippen molar-refractivity contribution in [1.29, 1.82) is 0 Å². The van der Waals surface area contributed by atoms with Crippen molar-refractivity contribution >= 4 is 10.2 Å². The first-order chi connectivity index (χ1) is 10.5. The summed E-state index contributed by atoms with van der Waals surface area (Å²) in [7, 11) is -1.97. The van der Waals surface area contributed by atoms with Crippen LogP contribution in [-0.4, -0.2) is 32.2 Å². The Kier molecular flexibility index (Phi) is 5.47. The van der Waals surface area contributed by atoms with Crippen LogP contribution in [0.2, 0.25) is 0 Å². The SMILES string of the molecule is CCCNS(=O)(=O)NCc1nc(-c2ccc(OC)cc2)no1. The van der Waals surface area contributed by atoms with E-state index in [0.717, 1.165) is 11.3 Å². The average Bonchev–Trinajstić information content (AvgIpc) is 3.00. The van der Waals surface area contributed by atoms with Crippen LogP contribution in [0.15, 0.2) is 28.8 Å². The van der Waals surface area contributed by atoms with E-state index < -0.39 is 10.2 Å². The maximum atomic E-state index is 11.6. The topological polar surface area (TPSA) is 106 Å². The zero-order valence-corrected chi connectivity index (χ0v) is 13.2. The highest BCUT2D eigenvalue weighted by Crippen LogP contribution is 2.19. The number of nitrogens with one attached hydrogen (secondary N) is 2. The highest BCUT2D eigenvalue weighted by atomic mass is 32.2. The van der Waals surface area contributed by atoms with E-state index in [1.54, 1.807) is 31.4 Å². The highest BCUT2D eigenvalue weighted by molar-refractivity contribution is 7.87. The predicted molar refractivity (Wildman–Crippen MR) is 80.3 cm³/mol. The molecule has 22 heavy (non-hydrogen) atoms. The normalized spacial score (nSPS) is 11.5. The maximum absolute atomic E-state index is 11.6. The van der Waals surface area contributed by atoms with Crippen LogP contribution in [0.25, 0.3) is 11.4 Å². The second kappa shape index (κ2) is 7.34. The lowest BCUT2D eigenvalue weighted by atomic mass is 10.2. The number of nitrogens with zero attached hydrogens (tertiary/aromatic N) is 2. The van der Waals surface area contributed by atoms with E-state index in [0.29, 0.717) is 18.8 Å². The Morgan fingerprint density at radius 1 is 1.23 bits per heavy atom. The van der Waals surface area contributed by atoms with Crippen LogP contribution >= 0.6 is 0 Å². The van der Waals surface area contributed by atoms with Crippen LogP contribution in [0, 0.1) is 0 Å². The summed E-state index contributed by atoms with van der Waals surface area (Å²) in [5.41, 5.74) is 0.753. The first-order valence-corrected chi connectivity index (χ1v) is 8.23. The lowest BCUT2D eigenvalue weighted by molar-refractivity contribution is 0.375. The Morgan fingerprint density at radius 2 is 1.95 bits per heavy atom. The van der Waals surface area contributed by atoms with Gasteiger partial charge >= 0.3 is 0 Å². The van der Waals surface area contributed by atoms with Gasteiger partial charge in [0.15, 0.2) is 0 Å². The zero-order chi connectivity index (χ0) is 16.0. The fourth-order valence-corrected chi connectivity index (χ4v) is 2.52. The summed E-state index contributed by atoms with van der Waals surface area (Å²) < 4.78 is 38.0. The molecule has 1 aromatic carbocycles. The van der Waals surface area contributed by atoms with Gasteiger partial charge in [0, 0.05) is 12.1 Å². The largest absolute Gasteiger partial charge is 0.497 e. The summed E-state index contributed by atoms with van der Waals surface area (Å²) in [6.07, 6.45) is 0.711. The molecular weight excluding hydrogens is 308 g/mol. The smallest absolute Gasteiger partial charge is 0.277 e. The van der Waals surface area contributed by atoms with Crippen LogP contribution in [0.4, 0.5) is 0 Å². The van der Waals surface area contributed by atoms with Crippen LogP contribution in [0.5, 0.6) is 5.75 Å². The molecule has 0 saturated heterocycles. The lowest BCUT2D eigenvalue weighted by Gasteiger charge is -2.04. The fraction of sp³-hybridized carbons (Fsp3) is 0.385. The molecule has 0 radical (unpaired) electrons. The minimum atomic E-state index is -3.55. The summed E-state index contributed by atoms with van der Waals surface area (Å²) in [4.78, 5) is 4.15. The molecule has 2 rings (SSSR count). The third kappa shape index (κ3) is 4.52. The molecule has 0 aliphatic heterocycles. The van der Waals surface area contributed by atoms with Crippen molar-refractivity contribution < 1.29 is 17.7 Å². The molecule has 0 spiro atoms. The molecule has 9 heteroatoms. The van der Waals surface area contributed by atoms with Crippen LogP contribution in [0.3, 0.4) is 0 Å². The van der Waals surface area contributed by atoms with Crippen molar-refractivity contribution in [1.82, 2.24) is 19.6 Å². The molecule has 0 atom stereocenters. The third-order valence-electron chi connectivity index (χ3n) is 2.77. The molecule has 0 aliphatic carbocycles.